The van der Waals surface area contributed by atoms with E-state index in [1.807, 2.05) is 0 Å². The Bertz CT molecular complexity index is 406. The van der Waals surface area contributed by atoms with Crippen LogP contribution in [0.25, 0.3) is 0 Å². The molecule has 0 aromatic heterocycles. The Labute approximate surface area is 114 Å². The van der Waals surface area contributed by atoms with Crippen molar-refractivity contribution in [2.75, 3.05) is 5.73 Å². The number of rotatable bonds is 1. The highest BCUT2D eigenvalue weighted by atomic mass is 79.9. The van der Waals surface area contributed by atoms with E-state index in [1.165, 1.54) is 31.4 Å². The second-order valence-corrected chi connectivity index (χ2v) is 5.17. The summed E-state index contributed by atoms with van der Waals surface area (Å²) in [6.45, 7) is 0. The first-order valence-corrected chi connectivity index (χ1v) is 6.67. The normalized spacial score (nSPS) is 15.7. The van der Waals surface area contributed by atoms with Crippen LogP contribution in [0.4, 0.5) is 11.4 Å². The number of hydrogen-bond acceptors (Lipinski definition) is 4. The van der Waals surface area contributed by atoms with Crippen molar-refractivity contribution in [3.63, 3.8) is 0 Å². The molecular formula is C12H17BrN2O3. The second-order valence-electron chi connectivity index (χ2n) is 4.25. The average Bonchev–Trinajstić information content (AvgIpc) is 2.34. The van der Waals surface area contributed by atoms with E-state index in [9.17, 15) is 10.1 Å². The summed E-state index contributed by atoms with van der Waals surface area (Å²) in [7, 11) is 0. The van der Waals surface area contributed by atoms with Gasteiger partial charge in [-0.2, -0.15) is 0 Å². The highest BCUT2D eigenvalue weighted by Gasteiger charge is 2.10. The molecule has 0 bridgehead atoms. The quantitative estimate of drug-likeness (QED) is 0.473. The maximum atomic E-state index is 10.3. The summed E-state index contributed by atoms with van der Waals surface area (Å²) in [6.07, 6.45) is 5.92. The number of nitrogen functional groups attached to an aromatic ring is 1. The Hall–Kier alpha value is -1.14. The summed E-state index contributed by atoms with van der Waals surface area (Å²) in [5.41, 5.74) is 5.44. The lowest BCUT2D eigenvalue weighted by molar-refractivity contribution is -0.384. The van der Waals surface area contributed by atoms with Crippen LogP contribution in [0.3, 0.4) is 0 Å². The first kappa shape index (κ1) is 14.9. The number of anilines is 1. The van der Waals surface area contributed by atoms with E-state index >= 15 is 0 Å². The van der Waals surface area contributed by atoms with Crippen molar-refractivity contribution in [3.05, 3.63) is 32.8 Å². The van der Waals surface area contributed by atoms with Gasteiger partial charge in [0.2, 0.25) is 0 Å². The van der Waals surface area contributed by atoms with Gasteiger partial charge >= 0.3 is 0 Å². The molecule has 1 fully saturated rings. The first-order valence-electron chi connectivity index (χ1n) is 5.88. The van der Waals surface area contributed by atoms with Gasteiger partial charge in [0.25, 0.3) is 5.69 Å². The van der Waals surface area contributed by atoms with Crippen molar-refractivity contribution in [2.45, 2.75) is 38.2 Å². The van der Waals surface area contributed by atoms with Gasteiger partial charge in [-0.1, -0.05) is 35.2 Å². The number of nitro benzene ring substituents is 1. The van der Waals surface area contributed by atoms with E-state index in [1.54, 1.807) is 6.07 Å². The average molecular weight is 317 g/mol. The number of aliphatic hydroxyl groups excluding tert-OH is 1. The summed E-state index contributed by atoms with van der Waals surface area (Å²) >= 11 is 3.10. The Morgan fingerprint density at radius 3 is 2.33 bits per heavy atom. The fraction of sp³-hybridized carbons (Fsp3) is 0.500. The van der Waals surface area contributed by atoms with E-state index in [4.69, 9.17) is 10.8 Å². The summed E-state index contributed by atoms with van der Waals surface area (Å²) in [5, 5.41) is 19.2. The lowest BCUT2D eigenvalue weighted by Gasteiger charge is -2.14. The molecule has 0 aliphatic heterocycles. The van der Waals surface area contributed by atoms with Gasteiger partial charge in [-0.05, 0) is 25.0 Å². The van der Waals surface area contributed by atoms with E-state index < -0.39 is 4.92 Å². The van der Waals surface area contributed by atoms with Crippen molar-refractivity contribution in [2.24, 2.45) is 0 Å². The molecule has 5 nitrogen and oxygen atoms in total. The number of benzene rings is 1. The lowest BCUT2D eigenvalue weighted by Crippen LogP contribution is -2.09. The zero-order valence-electron chi connectivity index (χ0n) is 10.0. The molecule has 0 unspecified atom stereocenters. The highest BCUT2D eigenvalue weighted by Crippen LogP contribution is 2.24. The summed E-state index contributed by atoms with van der Waals surface area (Å²) < 4.78 is 0.651. The smallest absolute Gasteiger partial charge is 0.293 e. The fourth-order valence-electron chi connectivity index (χ4n) is 1.76. The second kappa shape index (κ2) is 7.33. The molecule has 0 amide bonds. The van der Waals surface area contributed by atoms with Crippen LogP contribution >= 0.6 is 15.9 Å². The van der Waals surface area contributed by atoms with Crippen LogP contribution in [0, 0.1) is 10.1 Å². The minimum atomic E-state index is -0.514. The summed E-state index contributed by atoms with van der Waals surface area (Å²) in [5.74, 6) is 0. The van der Waals surface area contributed by atoms with Crippen LogP contribution in [-0.4, -0.2) is 16.1 Å². The lowest BCUT2D eigenvalue weighted by atomic mass is 9.98. The van der Waals surface area contributed by atoms with Crippen molar-refractivity contribution < 1.29 is 10.0 Å². The molecule has 1 aliphatic carbocycles. The van der Waals surface area contributed by atoms with Crippen LogP contribution in [0.15, 0.2) is 22.7 Å². The molecule has 0 spiro atoms. The first-order chi connectivity index (χ1) is 8.50. The van der Waals surface area contributed by atoms with Crippen LogP contribution < -0.4 is 5.73 Å². The molecule has 6 heteroatoms. The molecule has 1 aromatic carbocycles. The topological polar surface area (TPSA) is 89.4 Å². The van der Waals surface area contributed by atoms with Crippen LogP contribution in [0.1, 0.15) is 32.1 Å². The van der Waals surface area contributed by atoms with E-state index in [0.717, 1.165) is 12.8 Å². The maximum Gasteiger partial charge on any atom is 0.293 e. The molecule has 1 aromatic rings. The van der Waals surface area contributed by atoms with Gasteiger partial charge in [-0.3, -0.25) is 10.1 Å². The number of nitrogens with two attached hydrogens (primary N) is 1. The van der Waals surface area contributed by atoms with Crippen LogP contribution in [0.2, 0.25) is 0 Å². The Morgan fingerprint density at radius 2 is 1.94 bits per heavy atom. The molecule has 100 valence electrons. The predicted molar refractivity (Wildman–Crippen MR) is 74.3 cm³/mol. The Kier molecular flexibility index (Phi) is 6.07. The maximum absolute atomic E-state index is 10.3. The fourth-order valence-corrected chi connectivity index (χ4v) is 2.10. The number of halogens is 1. The molecule has 1 aliphatic rings. The van der Waals surface area contributed by atoms with Crippen molar-refractivity contribution in [1.82, 2.24) is 0 Å². The summed E-state index contributed by atoms with van der Waals surface area (Å²) in [6, 6.07) is 4.51. The molecule has 0 heterocycles. The number of hydrogen-bond donors (Lipinski definition) is 2. The molecule has 3 N–H and O–H groups in total. The van der Waals surface area contributed by atoms with E-state index in [-0.39, 0.29) is 17.5 Å². The zero-order chi connectivity index (χ0) is 13.5. The number of aliphatic hydroxyl groups is 1. The molecular weight excluding hydrogens is 300 g/mol. The minimum Gasteiger partial charge on any atom is -0.393 e. The summed E-state index contributed by atoms with van der Waals surface area (Å²) in [4.78, 5) is 9.76. The van der Waals surface area contributed by atoms with Gasteiger partial charge in [0.05, 0.1) is 11.0 Å². The van der Waals surface area contributed by atoms with Gasteiger partial charge in [0.1, 0.15) is 5.69 Å². The highest BCUT2D eigenvalue weighted by molar-refractivity contribution is 9.10. The van der Waals surface area contributed by atoms with Crippen molar-refractivity contribution in [3.8, 4) is 0 Å². The van der Waals surface area contributed by atoms with Gasteiger partial charge in [0, 0.05) is 10.5 Å². The Morgan fingerprint density at radius 1 is 1.33 bits per heavy atom. The Balaban J connectivity index is 0.000000199. The minimum absolute atomic E-state index is 0.0359. The molecule has 2 rings (SSSR count). The molecule has 0 atom stereocenters. The third-order valence-electron chi connectivity index (χ3n) is 2.76. The number of nitrogens with zero attached hydrogens (tertiary/aromatic N) is 1. The zero-order valence-corrected chi connectivity index (χ0v) is 11.6. The molecule has 18 heavy (non-hydrogen) atoms. The molecule has 1 saturated carbocycles. The van der Waals surface area contributed by atoms with Crippen molar-refractivity contribution >= 4 is 27.3 Å². The largest absolute Gasteiger partial charge is 0.393 e. The van der Waals surface area contributed by atoms with Crippen molar-refractivity contribution in [1.29, 1.82) is 0 Å². The number of nitro groups is 1. The van der Waals surface area contributed by atoms with Crippen LogP contribution in [-0.2, 0) is 0 Å². The monoisotopic (exact) mass is 316 g/mol. The van der Waals surface area contributed by atoms with E-state index in [0.29, 0.717) is 4.47 Å². The van der Waals surface area contributed by atoms with Gasteiger partial charge in [-0.25, -0.2) is 0 Å². The molecule has 0 saturated heterocycles. The third-order valence-corrected chi connectivity index (χ3v) is 3.26. The van der Waals surface area contributed by atoms with Crippen LogP contribution in [0.5, 0.6) is 0 Å². The standard InChI is InChI=1S/C6H5BrN2O2.C6H12O/c7-4-1-2-5(8)6(3-4)9(10)11;7-6-4-2-1-3-5-6/h1-3H,8H2;6-7H,1-5H2. The van der Waals surface area contributed by atoms with E-state index in [2.05, 4.69) is 15.9 Å². The van der Waals surface area contributed by atoms with Gasteiger partial charge < -0.3 is 10.8 Å². The van der Waals surface area contributed by atoms with Gasteiger partial charge in [-0.15, -0.1) is 0 Å². The third kappa shape index (κ3) is 5.01. The SMILES string of the molecule is Nc1ccc(Br)cc1[N+](=O)[O-].OC1CCCCC1. The van der Waals surface area contributed by atoms with Gasteiger partial charge in [0.15, 0.2) is 0 Å². The predicted octanol–water partition coefficient (Wildman–Crippen LogP) is 3.25. The molecule has 0 radical (unpaired) electrons.